The highest BCUT2D eigenvalue weighted by Gasteiger charge is 2.30. The van der Waals surface area contributed by atoms with Gasteiger partial charge in [-0.3, -0.25) is 4.79 Å². The van der Waals surface area contributed by atoms with Gasteiger partial charge in [0.15, 0.2) is 5.78 Å². The van der Waals surface area contributed by atoms with Gasteiger partial charge in [-0.05, 0) is 24.6 Å². The number of nitrogens with zero attached hydrogens (tertiary/aromatic N) is 2. The summed E-state index contributed by atoms with van der Waals surface area (Å²) in [5, 5.41) is 0. The van der Waals surface area contributed by atoms with Crippen molar-refractivity contribution in [3.63, 3.8) is 0 Å². The second kappa shape index (κ2) is 5.35. The third-order valence-corrected chi connectivity index (χ3v) is 3.49. The van der Waals surface area contributed by atoms with Crippen LogP contribution in [0, 0.1) is 6.92 Å². The molecule has 0 saturated carbocycles. The number of hydrogen-bond acceptors (Lipinski definition) is 2. The highest BCUT2D eigenvalue weighted by molar-refractivity contribution is 5.99. The van der Waals surface area contributed by atoms with Crippen molar-refractivity contribution < 1.29 is 18.0 Å². The van der Waals surface area contributed by atoms with E-state index in [2.05, 4.69) is 4.98 Å². The Balaban J connectivity index is 2.23. The molecular formula is C15H15F3N2O. The van der Waals surface area contributed by atoms with Crippen LogP contribution in [0.2, 0.25) is 0 Å². The molecule has 3 nitrogen and oxygen atoms in total. The summed E-state index contributed by atoms with van der Waals surface area (Å²) < 4.78 is 39.3. The Hall–Kier alpha value is -2.11. The molecule has 0 amide bonds. The number of rotatable bonds is 3. The van der Waals surface area contributed by atoms with Crippen molar-refractivity contribution in [3.05, 3.63) is 53.1 Å². The van der Waals surface area contributed by atoms with Crippen LogP contribution in [-0.4, -0.2) is 15.3 Å². The standard InChI is InChI=1S/C15H15F3N2O/c1-9(14(21)13-8-20(3)10(2)19-13)11-4-6-12(7-5-11)15(16,17)18/h4-9H,1-3H3. The van der Waals surface area contributed by atoms with Gasteiger partial charge in [0.1, 0.15) is 11.5 Å². The van der Waals surface area contributed by atoms with Gasteiger partial charge in [-0.15, -0.1) is 0 Å². The smallest absolute Gasteiger partial charge is 0.337 e. The van der Waals surface area contributed by atoms with Gasteiger partial charge in [-0.25, -0.2) is 4.98 Å². The molecule has 6 heteroatoms. The van der Waals surface area contributed by atoms with E-state index in [1.54, 1.807) is 31.7 Å². The van der Waals surface area contributed by atoms with Gasteiger partial charge in [-0.2, -0.15) is 13.2 Å². The molecule has 0 spiro atoms. The summed E-state index contributed by atoms with van der Waals surface area (Å²) >= 11 is 0. The van der Waals surface area contributed by atoms with Crippen LogP contribution in [0.4, 0.5) is 13.2 Å². The second-order valence-electron chi connectivity index (χ2n) is 4.99. The number of benzene rings is 1. The van der Waals surface area contributed by atoms with Crippen LogP contribution in [0.15, 0.2) is 30.5 Å². The topological polar surface area (TPSA) is 34.9 Å². The lowest BCUT2D eigenvalue weighted by Gasteiger charge is -2.11. The van der Waals surface area contributed by atoms with Crippen LogP contribution in [0.3, 0.4) is 0 Å². The molecule has 0 N–H and O–H groups in total. The van der Waals surface area contributed by atoms with E-state index in [-0.39, 0.29) is 5.78 Å². The zero-order chi connectivity index (χ0) is 15.8. The predicted molar refractivity (Wildman–Crippen MR) is 72.1 cm³/mol. The molecule has 1 unspecified atom stereocenters. The zero-order valence-corrected chi connectivity index (χ0v) is 11.9. The van der Waals surface area contributed by atoms with Gasteiger partial charge in [0, 0.05) is 19.2 Å². The number of imidazole rings is 1. The van der Waals surface area contributed by atoms with E-state index in [1.807, 2.05) is 0 Å². The first-order valence-electron chi connectivity index (χ1n) is 6.41. The summed E-state index contributed by atoms with van der Waals surface area (Å²) in [7, 11) is 1.78. The molecule has 0 aliphatic heterocycles. The largest absolute Gasteiger partial charge is 0.416 e. The Morgan fingerprint density at radius 1 is 1.24 bits per heavy atom. The van der Waals surface area contributed by atoms with Crippen LogP contribution in [0.5, 0.6) is 0 Å². The number of aryl methyl sites for hydroxylation is 2. The number of aromatic nitrogens is 2. The molecule has 0 fully saturated rings. The summed E-state index contributed by atoms with van der Waals surface area (Å²) in [6, 6.07) is 4.65. The first-order valence-corrected chi connectivity index (χ1v) is 6.41. The van der Waals surface area contributed by atoms with E-state index in [4.69, 9.17) is 0 Å². The molecule has 1 aromatic carbocycles. The van der Waals surface area contributed by atoms with E-state index in [1.165, 1.54) is 12.1 Å². The van der Waals surface area contributed by atoms with Crippen LogP contribution in [-0.2, 0) is 13.2 Å². The molecule has 112 valence electrons. The molecule has 1 aromatic heterocycles. The maximum Gasteiger partial charge on any atom is 0.416 e. The van der Waals surface area contributed by atoms with Gasteiger partial charge < -0.3 is 4.57 Å². The minimum atomic E-state index is -4.37. The molecule has 0 radical (unpaired) electrons. The molecule has 0 aliphatic carbocycles. The van der Waals surface area contributed by atoms with Crippen molar-refractivity contribution in [2.75, 3.05) is 0 Å². The molecule has 1 atom stereocenters. The molecule has 21 heavy (non-hydrogen) atoms. The maximum atomic E-state index is 12.5. The first-order chi connectivity index (χ1) is 9.70. The van der Waals surface area contributed by atoms with Crippen molar-refractivity contribution in [1.82, 2.24) is 9.55 Å². The highest BCUT2D eigenvalue weighted by Crippen LogP contribution is 2.30. The first kappa shape index (κ1) is 15.3. The van der Waals surface area contributed by atoms with Gasteiger partial charge in [0.25, 0.3) is 0 Å². The number of alkyl halides is 3. The molecule has 1 heterocycles. The van der Waals surface area contributed by atoms with E-state index in [0.717, 1.165) is 12.1 Å². The lowest BCUT2D eigenvalue weighted by molar-refractivity contribution is -0.137. The number of Topliss-reactive ketones (excluding diaryl/α,β-unsaturated/α-hetero) is 1. The Labute approximate surface area is 120 Å². The summed E-state index contributed by atoms with van der Waals surface area (Å²) in [5.74, 6) is -0.0435. The average molecular weight is 296 g/mol. The summed E-state index contributed by atoms with van der Waals surface area (Å²) in [6.45, 7) is 3.44. The lowest BCUT2D eigenvalue weighted by Crippen LogP contribution is -2.11. The Morgan fingerprint density at radius 2 is 1.81 bits per heavy atom. The number of carbonyl (C=O) groups excluding carboxylic acids is 1. The van der Waals surface area contributed by atoms with Gasteiger partial charge in [-0.1, -0.05) is 19.1 Å². The second-order valence-corrected chi connectivity index (χ2v) is 4.99. The highest BCUT2D eigenvalue weighted by atomic mass is 19.4. The minimum absolute atomic E-state index is 0.210. The van der Waals surface area contributed by atoms with Crippen LogP contribution < -0.4 is 0 Å². The molecule has 0 aliphatic rings. The number of ketones is 1. The van der Waals surface area contributed by atoms with E-state index in [9.17, 15) is 18.0 Å². The monoisotopic (exact) mass is 296 g/mol. The molecule has 2 aromatic rings. The van der Waals surface area contributed by atoms with Crippen molar-refractivity contribution in [1.29, 1.82) is 0 Å². The number of carbonyl (C=O) groups is 1. The van der Waals surface area contributed by atoms with Crippen LogP contribution in [0.1, 0.15) is 40.3 Å². The Morgan fingerprint density at radius 3 is 2.24 bits per heavy atom. The zero-order valence-electron chi connectivity index (χ0n) is 11.9. The molecular weight excluding hydrogens is 281 g/mol. The average Bonchev–Trinajstić information content (AvgIpc) is 2.76. The fourth-order valence-electron chi connectivity index (χ4n) is 2.01. The number of halogens is 3. The summed E-state index contributed by atoms with van der Waals surface area (Å²) in [4.78, 5) is 16.4. The quantitative estimate of drug-likeness (QED) is 0.809. The predicted octanol–water partition coefficient (Wildman–Crippen LogP) is 3.73. The summed E-state index contributed by atoms with van der Waals surface area (Å²) in [5.41, 5.74) is 0.137. The third-order valence-electron chi connectivity index (χ3n) is 3.49. The minimum Gasteiger partial charge on any atom is -0.337 e. The van der Waals surface area contributed by atoms with Crippen molar-refractivity contribution in [3.8, 4) is 0 Å². The molecule has 0 bridgehead atoms. The maximum absolute atomic E-state index is 12.5. The molecule has 2 rings (SSSR count). The fourth-order valence-corrected chi connectivity index (χ4v) is 2.01. The van der Waals surface area contributed by atoms with Crippen LogP contribution in [0.25, 0.3) is 0 Å². The fraction of sp³-hybridized carbons (Fsp3) is 0.333. The van der Waals surface area contributed by atoms with Gasteiger partial charge in [0.05, 0.1) is 5.56 Å². The lowest BCUT2D eigenvalue weighted by atomic mass is 9.94. The summed E-state index contributed by atoms with van der Waals surface area (Å²) in [6.07, 6.45) is -2.75. The van der Waals surface area contributed by atoms with E-state index < -0.39 is 17.7 Å². The normalized spacial score (nSPS) is 13.2. The third kappa shape index (κ3) is 3.15. The number of hydrogen-bond donors (Lipinski definition) is 0. The SMILES string of the molecule is Cc1nc(C(=O)C(C)c2ccc(C(F)(F)F)cc2)cn1C. The van der Waals surface area contributed by atoms with Crippen molar-refractivity contribution >= 4 is 5.78 Å². The van der Waals surface area contributed by atoms with Crippen LogP contribution >= 0.6 is 0 Å². The van der Waals surface area contributed by atoms with Gasteiger partial charge >= 0.3 is 6.18 Å². The molecule has 0 saturated heterocycles. The van der Waals surface area contributed by atoms with Gasteiger partial charge in [0.2, 0.25) is 0 Å². The Kier molecular flexibility index (Phi) is 3.89. The van der Waals surface area contributed by atoms with E-state index in [0.29, 0.717) is 17.1 Å². The van der Waals surface area contributed by atoms with Crippen molar-refractivity contribution in [2.24, 2.45) is 7.05 Å². The Bertz CT molecular complexity index is 637. The van der Waals surface area contributed by atoms with Crippen molar-refractivity contribution in [2.45, 2.75) is 25.9 Å². The van der Waals surface area contributed by atoms with E-state index >= 15 is 0 Å².